The molecule has 0 saturated carbocycles. The van der Waals surface area contributed by atoms with E-state index in [2.05, 4.69) is 0 Å². The lowest BCUT2D eigenvalue weighted by molar-refractivity contribution is -0.141. The van der Waals surface area contributed by atoms with Crippen molar-refractivity contribution in [3.8, 4) is 0 Å². The minimum absolute atomic E-state index is 0.0324. The Balaban J connectivity index is 2.72. The normalized spacial score (nSPS) is 21.8. The minimum atomic E-state index is -0.883. The molecule has 1 N–H and O–H groups in total. The van der Waals surface area contributed by atoms with Gasteiger partial charge in [0.25, 0.3) is 0 Å². The summed E-state index contributed by atoms with van der Waals surface area (Å²) in [7, 11) is 1.75. The first-order valence-corrected chi connectivity index (χ1v) is 5.16. The average molecular weight is 214 g/mol. The maximum Gasteiger partial charge on any atom is 0.317 e. The predicted molar refractivity (Wildman–Crippen MR) is 55.5 cm³/mol. The van der Waals surface area contributed by atoms with Gasteiger partial charge in [-0.25, -0.2) is 0 Å². The standard InChI is InChI=1S/C10H18N2O3/c1-7(2)12(6-9(13)14)8-4-5-11(3)10(8)15/h7-8H,4-6H2,1-3H3,(H,13,14). The molecule has 0 aromatic carbocycles. The second-order valence-electron chi connectivity index (χ2n) is 4.22. The number of aliphatic carboxylic acids is 1. The molecule has 0 radical (unpaired) electrons. The topological polar surface area (TPSA) is 60.9 Å². The van der Waals surface area contributed by atoms with E-state index in [1.54, 1.807) is 16.8 Å². The molecule has 5 heteroatoms. The number of likely N-dealkylation sites (N-methyl/N-ethyl adjacent to an activating group) is 1. The fourth-order valence-electron chi connectivity index (χ4n) is 1.92. The first-order valence-electron chi connectivity index (χ1n) is 5.16. The maximum atomic E-state index is 11.7. The van der Waals surface area contributed by atoms with Gasteiger partial charge in [-0.1, -0.05) is 0 Å². The van der Waals surface area contributed by atoms with Gasteiger partial charge in [0, 0.05) is 19.6 Å². The zero-order valence-corrected chi connectivity index (χ0v) is 9.43. The van der Waals surface area contributed by atoms with Crippen molar-refractivity contribution in [2.45, 2.75) is 32.4 Å². The van der Waals surface area contributed by atoms with Crippen molar-refractivity contribution in [1.82, 2.24) is 9.80 Å². The van der Waals surface area contributed by atoms with Crippen LogP contribution < -0.4 is 0 Å². The molecule has 0 aromatic heterocycles. The second-order valence-corrected chi connectivity index (χ2v) is 4.22. The van der Waals surface area contributed by atoms with Crippen LogP contribution in [0.25, 0.3) is 0 Å². The molecule has 1 atom stereocenters. The summed E-state index contributed by atoms with van der Waals surface area (Å²) in [5.74, 6) is -0.851. The highest BCUT2D eigenvalue weighted by molar-refractivity contribution is 5.84. The number of hydrogen-bond donors (Lipinski definition) is 1. The summed E-state index contributed by atoms with van der Waals surface area (Å²) < 4.78 is 0. The first kappa shape index (κ1) is 12.0. The predicted octanol–water partition coefficient (Wildman–Crippen LogP) is 0.0121. The van der Waals surface area contributed by atoms with Crippen molar-refractivity contribution in [1.29, 1.82) is 0 Å². The monoisotopic (exact) mass is 214 g/mol. The summed E-state index contributed by atoms with van der Waals surface area (Å²) in [5.41, 5.74) is 0. The number of hydrogen-bond acceptors (Lipinski definition) is 3. The Hall–Kier alpha value is -1.10. The zero-order valence-electron chi connectivity index (χ0n) is 9.43. The summed E-state index contributed by atoms with van der Waals surface area (Å²) in [6, 6.07) is -0.187. The second kappa shape index (κ2) is 4.61. The van der Waals surface area contributed by atoms with Crippen LogP contribution in [0.1, 0.15) is 20.3 Å². The van der Waals surface area contributed by atoms with Gasteiger partial charge in [0.1, 0.15) is 0 Å². The number of carbonyl (C=O) groups is 2. The highest BCUT2D eigenvalue weighted by Crippen LogP contribution is 2.17. The molecule has 5 nitrogen and oxygen atoms in total. The summed E-state index contributed by atoms with van der Waals surface area (Å²) in [5, 5.41) is 8.78. The number of carbonyl (C=O) groups excluding carboxylic acids is 1. The molecule has 1 aliphatic rings. The van der Waals surface area contributed by atoms with E-state index < -0.39 is 5.97 Å². The summed E-state index contributed by atoms with van der Waals surface area (Å²) in [6.45, 7) is 4.47. The van der Waals surface area contributed by atoms with E-state index in [0.717, 1.165) is 6.42 Å². The SMILES string of the molecule is CC(C)N(CC(=O)O)C1CCN(C)C1=O. The molecule has 0 bridgehead atoms. The maximum absolute atomic E-state index is 11.7. The van der Waals surface area contributed by atoms with Crippen molar-refractivity contribution in [2.24, 2.45) is 0 Å². The Morgan fingerprint density at radius 2 is 2.27 bits per heavy atom. The Labute approximate surface area is 89.7 Å². The molecule has 0 spiro atoms. The lowest BCUT2D eigenvalue weighted by Gasteiger charge is -2.29. The molecule has 1 fully saturated rings. The highest BCUT2D eigenvalue weighted by Gasteiger charge is 2.35. The number of nitrogens with zero attached hydrogens (tertiary/aromatic N) is 2. The van der Waals surface area contributed by atoms with Crippen LogP contribution in [0, 0.1) is 0 Å². The Kier molecular flexibility index (Phi) is 3.68. The smallest absolute Gasteiger partial charge is 0.317 e. The molecule has 1 unspecified atom stereocenters. The molecule has 1 rings (SSSR count). The molecule has 1 saturated heterocycles. The van der Waals surface area contributed by atoms with Crippen molar-refractivity contribution in [2.75, 3.05) is 20.1 Å². The Bertz CT molecular complexity index is 265. The van der Waals surface area contributed by atoms with Crippen LogP contribution in [-0.4, -0.2) is 59.0 Å². The van der Waals surface area contributed by atoms with Crippen molar-refractivity contribution in [3.63, 3.8) is 0 Å². The molecular formula is C10H18N2O3. The quantitative estimate of drug-likeness (QED) is 0.716. The molecule has 1 heterocycles. The van der Waals surface area contributed by atoms with Crippen molar-refractivity contribution in [3.05, 3.63) is 0 Å². The molecular weight excluding hydrogens is 196 g/mol. The van der Waals surface area contributed by atoms with Crippen LogP contribution in [-0.2, 0) is 9.59 Å². The van der Waals surface area contributed by atoms with Crippen LogP contribution in [0.3, 0.4) is 0 Å². The van der Waals surface area contributed by atoms with E-state index in [-0.39, 0.29) is 24.5 Å². The fourth-order valence-corrected chi connectivity index (χ4v) is 1.92. The van der Waals surface area contributed by atoms with Crippen molar-refractivity contribution >= 4 is 11.9 Å². The molecule has 86 valence electrons. The van der Waals surface area contributed by atoms with E-state index in [4.69, 9.17) is 5.11 Å². The Morgan fingerprint density at radius 1 is 1.67 bits per heavy atom. The van der Waals surface area contributed by atoms with Gasteiger partial charge in [0.05, 0.1) is 12.6 Å². The van der Waals surface area contributed by atoms with Gasteiger partial charge in [0.15, 0.2) is 0 Å². The van der Waals surface area contributed by atoms with Gasteiger partial charge in [-0.05, 0) is 20.3 Å². The number of carboxylic acids is 1. The largest absolute Gasteiger partial charge is 0.480 e. The minimum Gasteiger partial charge on any atom is -0.480 e. The molecule has 1 aliphatic heterocycles. The molecule has 0 aromatic rings. The average Bonchev–Trinajstić information content (AvgIpc) is 2.44. The molecule has 0 aliphatic carbocycles. The van der Waals surface area contributed by atoms with Gasteiger partial charge in [0.2, 0.25) is 5.91 Å². The Morgan fingerprint density at radius 3 is 2.60 bits per heavy atom. The van der Waals surface area contributed by atoms with Crippen LogP contribution in [0.2, 0.25) is 0 Å². The lowest BCUT2D eigenvalue weighted by atomic mass is 10.1. The number of carboxylic acid groups (broad SMARTS) is 1. The highest BCUT2D eigenvalue weighted by atomic mass is 16.4. The number of amides is 1. The van der Waals surface area contributed by atoms with Gasteiger partial charge >= 0.3 is 5.97 Å². The van der Waals surface area contributed by atoms with Gasteiger partial charge in [-0.15, -0.1) is 0 Å². The van der Waals surface area contributed by atoms with Crippen LogP contribution >= 0.6 is 0 Å². The van der Waals surface area contributed by atoms with E-state index in [0.29, 0.717) is 6.54 Å². The fraction of sp³-hybridized carbons (Fsp3) is 0.800. The van der Waals surface area contributed by atoms with Crippen LogP contribution in [0.5, 0.6) is 0 Å². The first-order chi connectivity index (χ1) is 6.93. The lowest BCUT2D eigenvalue weighted by Crippen LogP contribution is -2.47. The third-order valence-corrected chi connectivity index (χ3v) is 2.78. The number of likely N-dealkylation sites (tertiary alicyclic amines) is 1. The molecule has 1 amide bonds. The van der Waals surface area contributed by atoms with Gasteiger partial charge in [-0.3, -0.25) is 14.5 Å². The zero-order chi connectivity index (χ0) is 11.6. The summed E-state index contributed by atoms with van der Waals surface area (Å²) in [4.78, 5) is 25.8. The number of rotatable bonds is 4. The van der Waals surface area contributed by atoms with Crippen LogP contribution in [0.15, 0.2) is 0 Å². The summed E-state index contributed by atoms with van der Waals surface area (Å²) >= 11 is 0. The third-order valence-electron chi connectivity index (χ3n) is 2.78. The molecule has 15 heavy (non-hydrogen) atoms. The van der Waals surface area contributed by atoms with Crippen molar-refractivity contribution < 1.29 is 14.7 Å². The van der Waals surface area contributed by atoms with Gasteiger partial charge < -0.3 is 10.0 Å². The third kappa shape index (κ3) is 2.68. The van der Waals surface area contributed by atoms with E-state index >= 15 is 0 Å². The van der Waals surface area contributed by atoms with Crippen LogP contribution in [0.4, 0.5) is 0 Å². The van der Waals surface area contributed by atoms with Gasteiger partial charge in [-0.2, -0.15) is 0 Å². The van der Waals surface area contributed by atoms with E-state index in [1.165, 1.54) is 0 Å². The van der Waals surface area contributed by atoms with E-state index in [9.17, 15) is 9.59 Å². The summed E-state index contributed by atoms with van der Waals surface area (Å²) in [6.07, 6.45) is 0.723. The van der Waals surface area contributed by atoms with E-state index in [1.807, 2.05) is 13.8 Å².